The van der Waals surface area contributed by atoms with Gasteiger partial charge in [0, 0.05) is 15.9 Å². The Balaban J connectivity index is 1.48. The van der Waals surface area contributed by atoms with Crippen molar-refractivity contribution in [1.82, 2.24) is 5.43 Å². The highest BCUT2D eigenvalue weighted by Gasteiger charge is 2.15. The van der Waals surface area contributed by atoms with Crippen LogP contribution in [0.5, 0.6) is 17.2 Å². The number of rotatable bonds is 10. The third-order valence-corrected chi connectivity index (χ3v) is 5.81. The summed E-state index contributed by atoms with van der Waals surface area (Å²) >= 11 is 15.2. The summed E-state index contributed by atoms with van der Waals surface area (Å²) in [6.07, 6.45) is 2.16. The Morgan fingerprint density at radius 2 is 1.80 bits per heavy atom. The average molecular weight is 580 g/mol. The Morgan fingerprint density at radius 1 is 1.03 bits per heavy atom. The van der Waals surface area contributed by atoms with Crippen LogP contribution in [0.15, 0.2) is 70.2 Å². The van der Waals surface area contributed by atoms with Gasteiger partial charge in [0.1, 0.15) is 5.75 Å². The van der Waals surface area contributed by atoms with Crippen LogP contribution in [0.1, 0.15) is 28.8 Å². The third-order valence-electron chi connectivity index (χ3n) is 4.59. The number of halogens is 3. The minimum Gasteiger partial charge on any atom is -0.493 e. The number of hydrogen-bond donors (Lipinski definition) is 1. The van der Waals surface area contributed by atoms with E-state index >= 15 is 0 Å². The van der Waals surface area contributed by atoms with Crippen LogP contribution in [0.3, 0.4) is 0 Å². The van der Waals surface area contributed by atoms with Crippen molar-refractivity contribution in [3.8, 4) is 17.2 Å². The van der Waals surface area contributed by atoms with E-state index in [1.54, 1.807) is 60.7 Å². The molecule has 3 aromatic rings. The first kappa shape index (κ1) is 26.5. The summed E-state index contributed by atoms with van der Waals surface area (Å²) in [5.74, 6) is 0.327. The molecule has 0 heterocycles. The summed E-state index contributed by atoms with van der Waals surface area (Å²) in [5.41, 5.74) is 3.50. The van der Waals surface area contributed by atoms with E-state index in [1.165, 1.54) is 13.3 Å². The molecule has 0 aliphatic rings. The Labute approximate surface area is 221 Å². The monoisotopic (exact) mass is 578 g/mol. The number of esters is 1. The van der Waals surface area contributed by atoms with Gasteiger partial charge in [0.05, 0.1) is 30.5 Å². The quantitative estimate of drug-likeness (QED) is 0.100. The molecule has 0 radical (unpaired) electrons. The van der Waals surface area contributed by atoms with Gasteiger partial charge in [-0.15, -0.1) is 0 Å². The highest BCUT2D eigenvalue weighted by Crippen LogP contribution is 2.29. The number of ether oxygens (including phenoxy) is 3. The van der Waals surface area contributed by atoms with Crippen LogP contribution in [-0.4, -0.2) is 31.8 Å². The van der Waals surface area contributed by atoms with Crippen LogP contribution in [0.25, 0.3) is 0 Å². The van der Waals surface area contributed by atoms with Crippen LogP contribution >= 0.6 is 39.1 Å². The fraction of sp³-hybridized carbons (Fsp3) is 0.160. The molecule has 3 rings (SSSR count). The standard InChI is InChI=1S/C25H21BrCl2N2O5/c1-33-23-13-16(8-10-22(23)35-25(32)18-5-2-3-6-19(18)26)15-29-30-24(31)7-4-12-34-21-11-9-17(27)14-20(21)28/h2-3,5-6,8-11,13-15H,4,7,12H2,1H3,(H,30,31). The van der Waals surface area contributed by atoms with Gasteiger partial charge < -0.3 is 14.2 Å². The van der Waals surface area contributed by atoms with Gasteiger partial charge >= 0.3 is 5.97 Å². The number of hydrazone groups is 1. The summed E-state index contributed by atoms with van der Waals surface area (Å²) < 4.78 is 17.0. The average Bonchev–Trinajstić information content (AvgIpc) is 2.84. The molecule has 10 heteroatoms. The summed E-state index contributed by atoms with van der Waals surface area (Å²) in [6.45, 7) is 0.315. The van der Waals surface area contributed by atoms with E-state index in [0.717, 1.165) is 0 Å². The van der Waals surface area contributed by atoms with Gasteiger partial charge in [-0.1, -0.05) is 35.3 Å². The van der Waals surface area contributed by atoms with Crippen LogP contribution in [0.2, 0.25) is 10.0 Å². The number of hydrogen-bond acceptors (Lipinski definition) is 6. The van der Waals surface area contributed by atoms with Crippen molar-refractivity contribution >= 4 is 57.2 Å². The van der Waals surface area contributed by atoms with Crippen molar-refractivity contribution in [2.45, 2.75) is 12.8 Å². The molecule has 0 spiro atoms. The first-order valence-corrected chi connectivity index (χ1v) is 12.0. The predicted molar refractivity (Wildman–Crippen MR) is 139 cm³/mol. The molecule has 3 aromatic carbocycles. The second-order valence-corrected chi connectivity index (χ2v) is 8.80. The number of carbonyl (C=O) groups excluding carboxylic acids is 2. The van der Waals surface area contributed by atoms with Crippen LogP contribution < -0.4 is 19.6 Å². The van der Waals surface area contributed by atoms with E-state index in [1.807, 2.05) is 0 Å². The lowest BCUT2D eigenvalue weighted by molar-refractivity contribution is -0.121. The molecule has 0 aromatic heterocycles. The zero-order chi connectivity index (χ0) is 25.2. The normalized spacial score (nSPS) is 10.7. The molecule has 1 N–H and O–H groups in total. The predicted octanol–water partition coefficient (Wildman–Crippen LogP) is 6.29. The van der Waals surface area contributed by atoms with Crippen molar-refractivity contribution in [2.75, 3.05) is 13.7 Å². The highest BCUT2D eigenvalue weighted by molar-refractivity contribution is 9.10. The van der Waals surface area contributed by atoms with Crippen molar-refractivity contribution in [2.24, 2.45) is 5.10 Å². The number of benzene rings is 3. The Morgan fingerprint density at radius 3 is 2.54 bits per heavy atom. The molecular formula is C25H21BrCl2N2O5. The van der Waals surface area contributed by atoms with Crippen molar-refractivity contribution in [3.63, 3.8) is 0 Å². The lowest BCUT2D eigenvalue weighted by atomic mass is 10.2. The molecule has 0 aliphatic heterocycles. The molecule has 0 fully saturated rings. The molecule has 0 aliphatic carbocycles. The summed E-state index contributed by atoms with van der Waals surface area (Å²) in [4.78, 5) is 24.5. The zero-order valence-electron chi connectivity index (χ0n) is 18.6. The molecule has 182 valence electrons. The van der Waals surface area contributed by atoms with Crippen molar-refractivity contribution in [1.29, 1.82) is 0 Å². The van der Waals surface area contributed by atoms with Crippen LogP contribution in [0, 0.1) is 0 Å². The van der Waals surface area contributed by atoms with Gasteiger partial charge in [-0.25, -0.2) is 10.2 Å². The molecule has 0 bridgehead atoms. The largest absolute Gasteiger partial charge is 0.493 e. The van der Waals surface area contributed by atoms with E-state index in [9.17, 15) is 9.59 Å². The number of methoxy groups -OCH3 is 1. The first-order valence-electron chi connectivity index (χ1n) is 10.4. The van der Waals surface area contributed by atoms with Gasteiger partial charge in [-0.2, -0.15) is 5.10 Å². The molecule has 7 nitrogen and oxygen atoms in total. The lowest BCUT2D eigenvalue weighted by Crippen LogP contribution is -2.18. The second kappa shape index (κ2) is 13.1. The second-order valence-electron chi connectivity index (χ2n) is 7.10. The van der Waals surface area contributed by atoms with Crippen LogP contribution in [-0.2, 0) is 4.79 Å². The van der Waals surface area contributed by atoms with Gasteiger partial charge in [-0.05, 0) is 76.4 Å². The van der Waals surface area contributed by atoms with Gasteiger partial charge in [0.25, 0.3) is 0 Å². The summed E-state index contributed by atoms with van der Waals surface area (Å²) in [5, 5.41) is 4.89. The molecule has 1 amide bonds. The molecule has 0 atom stereocenters. The van der Waals surface area contributed by atoms with E-state index < -0.39 is 5.97 Å². The van der Waals surface area contributed by atoms with Gasteiger partial charge in [0.2, 0.25) is 5.91 Å². The Bertz CT molecular complexity index is 1240. The number of amides is 1. The topological polar surface area (TPSA) is 86.2 Å². The number of nitrogens with one attached hydrogen (secondary N) is 1. The lowest BCUT2D eigenvalue weighted by Gasteiger charge is -2.10. The molecule has 0 saturated carbocycles. The van der Waals surface area contributed by atoms with Crippen LogP contribution in [0.4, 0.5) is 0 Å². The highest BCUT2D eigenvalue weighted by atomic mass is 79.9. The third kappa shape index (κ3) is 7.99. The molecule has 35 heavy (non-hydrogen) atoms. The first-order chi connectivity index (χ1) is 16.9. The van der Waals surface area contributed by atoms with E-state index in [4.69, 9.17) is 37.4 Å². The maximum Gasteiger partial charge on any atom is 0.344 e. The van der Waals surface area contributed by atoms with E-state index in [0.29, 0.717) is 50.2 Å². The summed E-state index contributed by atoms with van der Waals surface area (Å²) in [7, 11) is 1.47. The molecular weight excluding hydrogens is 559 g/mol. The minimum atomic E-state index is -0.522. The van der Waals surface area contributed by atoms with Gasteiger partial charge in [0.15, 0.2) is 11.5 Å². The summed E-state index contributed by atoms with van der Waals surface area (Å²) in [6, 6.07) is 16.8. The SMILES string of the molecule is COc1cc(C=NNC(=O)CCCOc2ccc(Cl)cc2Cl)ccc1OC(=O)c1ccccc1Br. The Hall–Kier alpha value is -3.07. The maximum atomic E-state index is 12.5. The zero-order valence-corrected chi connectivity index (χ0v) is 21.7. The minimum absolute atomic E-state index is 0.218. The smallest absolute Gasteiger partial charge is 0.344 e. The molecule has 0 unspecified atom stereocenters. The maximum absolute atomic E-state index is 12.5. The van der Waals surface area contributed by atoms with E-state index in [2.05, 4.69) is 26.5 Å². The Kier molecular flexibility index (Phi) is 9.96. The van der Waals surface area contributed by atoms with Gasteiger partial charge in [-0.3, -0.25) is 4.79 Å². The van der Waals surface area contributed by atoms with Crippen molar-refractivity contribution < 1.29 is 23.8 Å². The number of nitrogens with zero attached hydrogens (tertiary/aromatic N) is 1. The van der Waals surface area contributed by atoms with E-state index in [-0.39, 0.29) is 18.1 Å². The van der Waals surface area contributed by atoms with Crippen molar-refractivity contribution in [3.05, 3.63) is 86.3 Å². The fourth-order valence-electron chi connectivity index (χ4n) is 2.87. The molecule has 0 saturated heterocycles. The number of carbonyl (C=O) groups is 2. The fourth-order valence-corrected chi connectivity index (χ4v) is 3.78.